The maximum atomic E-state index is 13.6. The highest BCUT2D eigenvalue weighted by atomic mass is 19.1. The van der Waals surface area contributed by atoms with Crippen LogP contribution in [0.25, 0.3) is 0 Å². The molecule has 1 N–H and O–H groups in total. The quantitative estimate of drug-likeness (QED) is 0.607. The molecule has 0 radical (unpaired) electrons. The van der Waals surface area contributed by atoms with Gasteiger partial charge in [0.25, 0.3) is 0 Å². The van der Waals surface area contributed by atoms with Gasteiger partial charge in [0.1, 0.15) is 17.3 Å². The molecule has 1 atom stereocenters. The van der Waals surface area contributed by atoms with Crippen LogP contribution in [-0.2, 0) is 23.4 Å². The maximum absolute atomic E-state index is 13.6. The summed E-state index contributed by atoms with van der Waals surface area (Å²) >= 11 is 0. The molecular formula is C24H30FNO3. The minimum atomic E-state index is -1.39. The fourth-order valence-corrected chi connectivity index (χ4v) is 3.82. The molecule has 1 aliphatic heterocycles. The highest BCUT2D eigenvalue weighted by Gasteiger charge is 2.35. The van der Waals surface area contributed by atoms with E-state index in [1.807, 2.05) is 12.1 Å². The molecule has 1 unspecified atom stereocenters. The predicted molar refractivity (Wildman–Crippen MR) is 112 cm³/mol. The Bertz CT molecular complexity index is 853. The summed E-state index contributed by atoms with van der Waals surface area (Å²) in [6.07, 6.45) is 2.25. The van der Waals surface area contributed by atoms with Gasteiger partial charge < -0.3 is 14.3 Å². The fraction of sp³-hybridized carbons (Fsp3) is 0.417. The topological polar surface area (TPSA) is 45.8 Å². The molecule has 0 amide bonds. The average molecular weight is 400 g/mol. The summed E-state index contributed by atoms with van der Waals surface area (Å²) in [5.41, 5.74) is 0.624. The van der Waals surface area contributed by atoms with Crippen LogP contribution in [0.15, 0.2) is 65.1 Å². The summed E-state index contributed by atoms with van der Waals surface area (Å²) in [4.78, 5) is 2.19. The molecule has 4 nitrogen and oxygen atoms in total. The number of benzene rings is 1. The first kappa shape index (κ1) is 21.5. The third-order valence-electron chi connectivity index (χ3n) is 5.41. The van der Waals surface area contributed by atoms with Gasteiger partial charge in [0.2, 0.25) is 0 Å². The lowest BCUT2D eigenvalue weighted by Gasteiger charge is -2.27. The monoisotopic (exact) mass is 399 g/mol. The van der Waals surface area contributed by atoms with Gasteiger partial charge in [-0.25, -0.2) is 4.39 Å². The van der Waals surface area contributed by atoms with Gasteiger partial charge in [0.15, 0.2) is 5.60 Å². The molecule has 1 aromatic heterocycles. The molecule has 0 saturated carbocycles. The van der Waals surface area contributed by atoms with Crippen LogP contribution in [0.5, 0.6) is 0 Å². The summed E-state index contributed by atoms with van der Waals surface area (Å²) in [5.74, 6) is 0.887. The Kier molecular flexibility index (Phi) is 6.73. The van der Waals surface area contributed by atoms with Crippen molar-refractivity contribution in [3.8, 4) is 0 Å². The second kappa shape index (κ2) is 9.08. The Balaban J connectivity index is 1.79. The van der Waals surface area contributed by atoms with E-state index in [0.29, 0.717) is 30.0 Å². The Morgan fingerprint density at radius 1 is 1.21 bits per heavy atom. The number of furan rings is 1. The van der Waals surface area contributed by atoms with Crippen molar-refractivity contribution >= 4 is 0 Å². The molecule has 156 valence electrons. The molecule has 0 bridgehead atoms. The van der Waals surface area contributed by atoms with Crippen LogP contribution in [0.1, 0.15) is 43.8 Å². The number of rotatable bonds is 9. The Hall–Kier alpha value is -2.21. The van der Waals surface area contributed by atoms with E-state index in [9.17, 15) is 9.50 Å². The molecular weight excluding hydrogens is 369 g/mol. The van der Waals surface area contributed by atoms with Crippen molar-refractivity contribution < 1.29 is 18.7 Å². The summed E-state index contributed by atoms with van der Waals surface area (Å²) in [7, 11) is 0. The molecule has 2 heterocycles. The van der Waals surface area contributed by atoms with Crippen molar-refractivity contribution in [2.75, 3.05) is 13.2 Å². The summed E-state index contributed by atoms with van der Waals surface area (Å²) < 4.78 is 25.4. The van der Waals surface area contributed by atoms with E-state index in [1.165, 1.54) is 6.07 Å². The van der Waals surface area contributed by atoms with Crippen molar-refractivity contribution in [3.05, 3.63) is 83.6 Å². The predicted octanol–water partition coefficient (Wildman–Crippen LogP) is 4.94. The minimum Gasteiger partial charge on any atom is -0.461 e. The van der Waals surface area contributed by atoms with Gasteiger partial charge in [-0.1, -0.05) is 25.3 Å². The second-order valence-electron chi connectivity index (χ2n) is 7.97. The van der Waals surface area contributed by atoms with Gasteiger partial charge in [-0.2, -0.15) is 0 Å². The van der Waals surface area contributed by atoms with Gasteiger partial charge >= 0.3 is 0 Å². The number of nitrogens with zero attached hydrogens (tertiary/aromatic N) is 1. The third-order valence-corrected chi connectivity index (χ3v) is 5.41. The average Bonchev–Trinajstić information content (AvgIpc) is 3.33. The fourth-order valence-electron chi connectivity index (χ4n) is 3.82. The molecule has 0 aliphatic carbocycles. The first-order valence-electron chi connectivity index (χ1n) is 10.0. The van der Waals surface area contributed by atoms with Crippen LogP contribution in [0.3, 0.4) is 0 Å². The van der Waals surface area contributed by atoms with E-state index in [1.54, 1.807) is 32.0 Å². The zero-order valence-electron chi connectivity index (χ0n) is 17.3. The lowest BCUT2D eigenvalue weighted by atomic mass is 9.87. The van der Waals surface area contributed by atoms with Crippen LogP contribution in [0.4, 0.5) is 4.39 Å². The van der Waals surface area contributed by atoms with E-state index >= 15 is 0 Å². The van der Waals surface area contributed by atoms with Crippen LogP contribution < -0.4 is 0 Å². The van der Waals surface area contributed by atoms with Gasteiger partial charge in [0, 0.05) is 19.7 Å². The van der Waals surface area contributed by atoms with Crippen molar-refractivity contribution in [2.45, 2.75) is 51.5 Å². The van der Waals surface area contributed by atoms with Gasteiger partial charge in [-0.05, 0) is 67.7 Å². The van der Waals surface area contributed by atoms with E-state index in [-0.39, 0.29) is 11.9 Å². The number of hydrogen-bond donors (Lipinski definition) is 1. The Morgan fingerprint density at radius 3 is 2.59 bits per heavy atom. The molecule has 0 spiro atoms. The van der Waals surface area contributed by atoms with E-state index in [2.05, 4.69) is 18.1 Å². The third kappa shape index (κ3) is 5.04. The van der Waals surface area contributed by atoms with Gasteiger partial charge in [0.05, 0.1) is 12.6 Å². The normalized spacial score (nSPS) is 17.1. The van der Waals surface area contributed by atoms with Crippen LogP contribution >= 0.6 is 0 Å². The van der Waals surface area contributed by atoms with Crippen LogP contribution in [-0.4, -0.2) is 29.3 Å². The number of aliphatic hydroxyl groups is 1. The first-order chi connectivity index (χ1) is 13.8. The summed E-state index contributed by atoms with van der Waals surface area (Å²) in [5, 5.41) is 11.0. The molecule has 1 fully saturated rings. The lowest BCUT2D eigenvalue weighted by molar-refractivity contribution is 0.0623. The van der Waals surface area contributed by atoms with E-state index < -0.39 is 5.60 Å². The molecule has 1 aliphatic rings. The SMILES string of the molecule is C=C(C)C(O)(C(=C)C)c1ccc(CN(Cc2cccc(F)c2)CC2CCCO2)o1. The molecule has 5 heteroatoms. The first-order valence-corrected chi connectivity index (χ1v) is 10.0. The van der Waals surface area contributed by atoms with Crippen LogP contribution in [0.2, 0.25) is 0 Å². The molecule has 1 saturated heterocycles. The van der Waals surface area contributed by atoms with Crippen molar-refractivity contribution in [2.24, 2.45) is 0 Å². The summed E-state index contributed by atoms with van der Waals surface area (Å²) in [6.45, 7) is 13.9. The van der Waals surface area contributed by atoms with E-state index in [4.69, 9.17) is 9.15 Å². The minimum absolute atomic E-state index is 0.167. The highest BCUT2D eigenvalue weighted by molar-refractivity contribution is 5.35. The smallest absolute Gasteiger partial charge is 0.163 e. The molecule has 3 rings (SSSR count). The molecule has 2 aromatic rings. The highest BCUT2D eigenvalue weighted by Crippen LogP contribution is 2.36. The second-order valence-corrected chi connectivity index (χ2v) is 7.97. The Morgan fingerprint density at radius 2 is 1.97 bits per heavy atom. The zero-order valence-corrected chi connectivity index (χ0v) is 17.3. The summed E-state index contributed by atoms with van der Waals surface area (Å²) in [6, 6.07) is 10.3. The standard InChI is InChI=1S/C24H30FNO3/c1-17(2)24(27,18(3)4)23-11-10-22(29-23)16-26(15-21-9-6-12-28-21)14-19-7-5-8-20(25)13-19/h5,7-8,10-11,13,21,27H,1,3,6,9,12,14-16H2,2,4H3. The Labute approximate surface area is 172 Å². The van der Waals surface area contributed by atoms with Crippen molar-refractivity contribution in [3.63, 3.8) is 0 Å². The largest absolute Gasteiger partial charge is 0.461 e. The lowest BCUT2D eigenvalue weighted by Crippen LogP contribution is -2.31. The number of halogens is 1. The van der Waals surface area contributed by atoms with Crippen molar-refractivity contribution in [1.29, 1.82) is 0 Å². The van der Waals surface area contributed by atoms with Crippen LogP contribution in [0, 0.1) is 5.82 Å². The van der Waals surface area contributed by atoms with E-state index in [0.717, 1.165) is 37.3 Å². The maximum Gasteiger partial charge on any atom is 0.163 e. The number of hydrogen-bond acceptors (Lipinski definition) is 4. The molecule has 1 aromatic carbocycles. The zero-order chi connectivity index (χ0) is 21.0. The van der Waals surface area contributed by atoms with Gasteiger partial charge in [-0.15, -0.1) is 0 Å². The van der Waals surface area contributed by atoms with Gasteiger partial charge in [-0.3, -0.25) is 4.90 Å². The van der Waals surface area contributed by atoms with Crippen molar-refractivity contribution in [1.82, 2.24) is 4.90 Å². The number of ether oxygens (including phenoxy) is 1. The molecule has 29 heavy (non-hydrogen) atoms.